The second-order valence-electron chi connectivity index (χ2n) is 4.19. The number of carboxylic acid groups (broad SMARTS) is 1. The molecule has 0 aromatic rings. The molecule has 0 aromatic heterocycles. The topological polar surface area (TPSA) is 46.5 Å². The van der Waals surface area contributed by atoms with Crippen LogP contribution in [0, 0.1) is 5.92 Å². The minimum absolute atomic E-state index is 0.623. The van der Waals surface area contributed by atoms with Gasteiger partial charge in [-0.15, -0.1) is 0 Å². The van der Waals surface area contributed by atoms with E-state index in [-0.39, 0.29) is 0 Å². The summed E-state index contributed by atoms with van der Waals surface area (Å²) in [5, 5.41) is 8.69. The van der Waals surface area contributed by atoms with Crippen molar-refractivity contribution in [2.75, 3.05) is 0 Å². The molecule has 0 heterocycles. The standard InChI is InChI=1S/C10H22O3Si/c1-5-14(6-2,13-10(11)12)8-7-9(3)4/h9H,5-8H2,1-4H3,(H,11,12). The first kappa shape index (κ1) is 13.5. The van der Waals surface area contributed by atoms with Crippen molar-refractivity contribution in [3.8, 4) is 0 Å². The first-order valence-electron chi connectivity index (χ1n) is 5.37. The molecule has 0 aliphatic carbocycles. The van der Waals surface area contributed by atoms with Gasteiger partial charge in [-0.2, -0.15) is 0 Å². The lowest BCUT2D eigenvalue weighted by Crippen LogP contribution is -2.38. The van der Waals surface area contributed by atoms with Crippen molar-refractivity contribution >= 4 is 14.5 Å². The average Bonchev–Trinajstić information content (AvgIpc) is 2.11. The second kappa shape index (κ2) is 6.06. The van der Waals surface area contributed by atoms with Crippen LogP contribution in [0.15, 0.2) is 0 Å². The van der Waals surface area contributed by atoms with E-state index in [1.165, 1.54) is 0 Å². The molecule has 0 bridgehead atoms. The highest BCUT2D eigenvalue weighted by atomic mass is 28.4. The third-order valence-corrected chi connectivity index (χ3v) is 7.15. The monoisotopic (exact) mass is 218 g/mol. The van der Waals surface area contributed by atoms with Crippen LogP contribution in [0.2, 0.25) is 18.1 Å². The van der Waals surface area contributed by atoms with Crippen molar-refractivity contribution in [3.05, 3.63) is 0 Å². The molecule has 84 valence electrons. The van der Waals surface area contributed by atoms with E-state index in [9.17, 15) is 4.79 Å². The van der Waals surface area contributed by atoms with Gasteiger partial charge < -0.3 is 9.53 Å². The molecule has 0 aliphatic rings. The Bertz CT molecular complexity index is 176. The lowest BCUT2D eigenvalue weighted by atomic mass is 10.2. The van der Waals surface area contributed by atoms with Crippen LogP contribution in [0.3, 0.4) is 0 Å². The quantitative estimate of drug-likeness (QED) is 0.691. The average molecular weight is 218 g/mol. The Kier molecular flexibility index (Phi) is 5.84. The van der Waals surface area contributed by atoms with E-state index >= 15 is 0 Å². The smallest absolute Gasteiger partial charge is 0.489 e. The molecule has 0 saturated carbocycles. The highest BCUT2D eigenvalue weighted by Gasteiger charge is 2.34. The fraction of sp³-hybridized carbons (Fsp3) is 0.900. The Morgan fingerprint density at radius 3 is 2.14 bits per heavy atom. The maximum atomic E-state index is 10.6. The Morgan fingerprint density at radius 1 is 1.36 bits per heavy atom. The molecule has 3 nitrogen and oxygen atoms in total. The van der Waals surface area contributed by atoms with E-state index in [0.717, 1.165) is 24.6 Å². The summed E-state index contributed by atoms with van der Waals surface area (Å²) in [5.41, 5.74) is 0. The van der Waals surface area contributed by atoms with E-state index in [2.05, 4.69) is 13.8 Å². The number of hydrogen-bond donors (Lipinski definition) is 1. The van der Waals surface area contributed by atoms with Crippen molar-refractivity contribution in [1.82, 2.24) is 0 Å². The number of carbonyl (C=O) groups is 1. The molecule has 4 heteroatoms. The molecule has 0 radical (unpaired) electrons. The summed E-state index contributed by atoms with van der Waals surface area (Å²) in [7, 11) is -1.97. The Morgan fingerprint density at radius 2 is 1.86 bits per heavy atom. The summed E-state index contributed by atoms with van der Waals surface area (Å²) in [6.07, 6.45) is -0.0228. The molecule has 0 atom stereocenters. The Hall–Kier alpha value is -0.513. The molecule has 14 heavy (non-hydrogen) atoms. The minimum atomic E-state index is -1.97. The zero-order valence-electron chi connectivity index (χ0n) is 9.67. The van der Waals surface area contributed by atoms with Crippen LogP contribution >= 0.6 is 0 Å². The number of hydrogen-bond acceptors (Lipinski definition) is 2. The first-order valence-corrected chi connectivity index (χ1v) is 7.90. The van der Waals surface area contributed by atoms with Crippen LogP contribution in [0.5, 0.6) is 0 Å². The molecular weight excluding hydrogens is 196 g/mol. The van der Waals surface area contributed by atoms with Gasteiger partial charge in [0.15, 0.2) is 0 Å². The van der Waals surface area contributed by atoms with E-state index in [4.69, 9.17) is 9.53 Å². The Labute approximate surface area is 87.6 Å². The van der Waals surface area contributed by atoms with Crippen molar-refractivity contribution < 1.29 is 14.3 Å². The normalized spacial score (nSPS) is 11.8. The van der Waals surface area contributed by atoms with Crippen molar-refractivity contribution in [2.24, 2.45) is 5.92 Å². The third kappa shape index (κ3) is 4.65. The molecule has 0 aliphatic heterocycles. The van der Waals surface area contributed by atoms with Gasteiger partial charge >= 0.3 is 6.16 Å². The van der Waals surface area contributed by atoms with E-state index in [1.54, 1.807) is 0 Å². The Balaban J connectivity index is 4.29. The molecule has 0 saturated heterocycles. The van der Waals surface area contributed by atoms with Gasteiger partial charge in [0.25, 0.3) is 8.32 Å². The maximum Gasteiger partial charge on any atom is 0.491 e. The fourth-order valence-corrected chi connectivity index (χ4v) is 4.61. The summed E-state index contributed by atoms with van der Waals surface area (Å²) in [4.78, 5) is 10.6. The summed E-state index contributed by atoms with van der Waals surface area (Å²) < 4.78 is 5.14. The van der Waals surface area contributed by atoms with Crippen molar-refractivity contribution in [3.63, 3.8) is 0 Å². The molecule has 0 unspecified atom stereocenters. The minimum Gasteiger partial charge on any atom is -0.489 e. The van der Waals surface area contributed by atoms with Crippen LogP contribution in [0.25, 0.3) is 0 Å². The predicted octanol–water partition coefficient (Wildman–Crippen LogP) is 3.71. The van der Waals surface area contributed by atoms with Crippen LogP contribution in [0.4, 0.5) is 4.79 Å². The van der Waals surface area contributed by atoms with E-state index in [0.29, 0.717) is 5.92 Å². The summed E-state index contributed by atoms with van der Waals surface area (Å²) in [6, 6.07) is 2.75. The van der Waals surface area contributed by atoms with Crippen molar-refractivity contribution in [2.45, 2.75) is 52.2 Å². The van der Waals surface area contributed by atoms with Crippen LogP contribution in [-0.4, -0.2) is 19.6 Å². The molecule has 0 amide bonds. The van der Waals surface area contributed by atoms with E-state index in [1.807, 2.05) is 13.8 Å². The molecular formula is C10H22O3Si. The van der Waals surface area contributed by atoms with Crippen LogP contribution in [0.1, 0.15) is 34.1 Å². The summed E-state index contributed by atoms with van der Waals surface area (Å²) >= 11 is 0. The second-order valence-corrected chi connectivity index (χ2v) is 8.67. The molecule has 0 spiro atoms. The first-order chi connectivity index (χ1) is 6.45. The van der Waals surface area contributed by atoms with Gasteiger partial charge in [-0.1, -0.05) is 34.1 Å². The van der Waals surface area contributed by atoms with Gasteiger partial charge in [0.2, 0.25) is 0 Å². The zero-order valence-corrected chi connectivity index (χ0v) is 10.7. The van der Waals surface area contributed by atoms with Gasteiger partial charge in [-0.3, -0.25) is 0 Å². The SMILES string of the molecule is CC[Si](CC)(CCC(C)C)OC(=O)O. The zero-order chi connectivity index (χ0) is 11.2. The van der Waals surface area contributed by atoms with Gasteiger partial charge in [0.05, 0.1) is 0 Å². The predicted molar refractivity (Wildman–Crippen MR) is 60.1 cm³/mol. The largest absolute Gasteiger partial charge is 0.491 e. The lowest BCUT2D eigenvalue weighted by molar-refractivity contribution is 0.140. The summed E-state index contributed by atoms with van der Waals surface area (Å²) in [5.74, 6) is 0.623. The van der Waals surface area contributed by atoms with Gasteiger partial charge in [0, 0.05) is 0 Å². The number of rotatable bonds is 6. The summed E-state index contributed by atoms with van der Waals surface area (Å²) in [6.45, 7) is 8.40. The van der Waals surface area contributed by atoms with Gasteiger partial charge in [0.1, 0.15) is 0 Å². The molecule has 1 N–H and O–H groups in total. The van der Waals surface area contributed by atoms with E-state index < -0.39 is 14.5 Å². The molecule has 0 rings (SSSR count). The lowest BCUT2D eigenvalue weighted by Gasteiger charge is -2.27. The van der Waals surface area contributed by atoms with Crippen LogP contribution in [-0.2, 0) is 4.43 Å². The highest BCUT2D eigenvalue weighted by Crippen LogP contribution is 2.25. The maximum absolute atomic E-state index is 10.6. The molecule has 0 fully saturated rings. The van der Waals surface area contributed by atoms with Gasteiger partial charge in [-0.05, 0) is 24.1 Å². The van der Waals surface area contributed by atoms with Gasteiger partial charge in [-0.25, -0.2) is 4.79 Å². The van der Waals surface area contributed by atoms with Crippen molar-refractivity contribution in [1.29, 1.82) is 0 Å². The molecule has 0 aromatic carbocycles. The fourth-order valence-electron chi connectivity index (χ4n) is 1.54. The third-order valence-electron chi connectivity index (χ3n) is 2.77. The van der Waals surface area contributed by atoms with Crippen LogP contribution < -0.4 is 0 Å². The highest BCUT2D eigenvalue weighted by molar-refractivity contribution is 6.74.